The molecule has 0 saturated carbocycles. The van der Waals surface area contributed by atoms with Crippen LogP contribution in [0.25, 0.3) is 0 Å². The van der Waals surface area contributed by atoms with Crippen molar-refractivity contribution in [3.05, 3.63) is 70.0 Å². The summed E-state index contributed by atoms with van der Waals surface area (Å²) in [7, 11) is 0. The van der Waals surface area contributed by atoms with E-state index in [1.54, 1.807) is 12.1 Å². The van der Waals surface area contributed by atoms with E-state index in [-0.39, 0.29) is 16.1 Å². The Balaban J connectivity index is 1.91. The van der Waals surface area contributed by atoms with Gasteiger partial charge in [-0.15, -0.1) is 0 Å². The standard InChI is InChI=1S/C16H13ClFNO3/c17-12-5-6-14(18)13(9-12)15(20)19-8-7-10-1-3-11(4-2-10)16(21)22/h1-6,9H,7-8H2,(H,19,20)(H,21,22). The molecular weight excluding hydrogens is 309 g/mol. The second-order valence-electron chi connectivity index (χ2n) is 4.63. The summed E-state index contributed by atoms with van der Waals surface area (Å²) in [4.78, 5) is 22.6. The Morgan fingerprint density at radius 2 is 1.82 bits per heavy atom. The average molecular weight is 322 g/mol. The number of benzene rings is 2. The number of hydrogen-bond acceptors (Lipinski definition) is 2. The van der Waals surface area contributed by atoms with E-state index in [0.717, 1.165) is 11.6 Å². The van der Waals surface area contributed by atoms with Crippen LogP contribution in [0.4, 0.5) is 4.39 Å². The minimum Gasteiger partial charge on any atom is -0.478 e. The van der Waals surface area contributed by atoms with E-state index in [0.29, 0.717) is 13.0 Å². The molecule has 0 spiro atoms. The smallest absolute Gasteiger partial charge is 0.335 e. The Bertz CT molecular complexity index is 701. The van der Waals surface area contributed by atoms with Gasteiger partial charge in [0.2, 0.25) is 0 Å². The summed E-state index contributed by atoms with van der Waals surface area (Å²) < 4.78 is 13.5. The van der Waals surface area contributed by atoms with Crippen molar-refractivity contribution in [2.75, 3.05) is 6.54 Å². The summed E-state index contributed by atoms with van der Waals surface area (Å²) >= 11 is 5.74. The number of hydrogen-bond donors (Lipinski definition) is 2. The molecule has 1 amide bonds. The van der Waals surface area contributed by atoms with Gasteiger partial charge in [-0.25, -0.2) is 9.18 Å². The molecule has 2 rings (SSSR count). The fraction of sp³-hybridized carbons (Fsp3) is 0.125. The highest BCUT2D eigenvalue weighted by Crippen LogP contribution is 2.14. The van der Waals surface area contributed by atoms with E-state index in [9.17, 15) is 14.0 Å². The summed E-state index contributed by atoms with van der Waals surface area (Å²) in [6.45, 7) is 0.303. The molecule has 0 unspecified atom stereocenters. The number of nitrogens with one attached hydrogen (secondary N) is 1. The molecule has 2 N–H and O–H groups in total. The van der Waals surface area contributed by atoms with Crippen LogP contribution in [0.1, 0.15) is 26.3 Å². The van der Waals surface area contributed by atoms with E-state index in [4.69, 9.17) is 16.7 Å². The summed E-state index contributed by atoms with van der Waals surface area (Å²) in [6, 6.07) is 10.1. The lowest BCUT2D eigenvalue weighted by molar-refractivity contribution is 0.0696. The highest BCUT2D eigenvalue weighted by Gasteiger charge is 2.11. The largest absolute Gasteiger partial charge is 0.478 e. The average Bonchev–Trinajstić information content (AvgIpc) is 2.50. The number of aromatic carboxylic acids is 1. The molecule has 0 saturated heterocycles. The normalized spacial score (nSPS) is 10.3. The van der Waals surface area contributed by atoms with Crippen LogP contribution in [0.2, 0.25) is 5.02 Å². The molecule has 0 radical (unpaired) electrons. The Hall–Kier alpha value is -2.40. The minimum absolute atomic E-state index is 0.103. The third-order valence-corrected chi connectivity index (χ3v) is 3.31. The SMILES string of the molecule is O=C(O)c1ccc(CCNC(=O)c2cc(Cl)ccc2F)cc1. The Morgan fingerprint density at radius 1 is 1.14 bits per heavy atom. The van der Waals surface area contributed by atoms with Crippen LogP contribution in [0.5, 0.6) is 0 Å². The number of carboxylic acid groups (broad SMARTS) is 1. The van der Waals surface area contributed by atoms with Crippen LogP contribution in [0.15, 0.2) is 42.5 Å². The van der Waals surface area contributed by atoms with Crippen molar-refractivity contribution in [2.45, 2.75) is 6.42 Å². The number of carboxylic acids is 1. The maximum Gasteiger partial charge on any atom is 0.335 e. The Kier molecular flexibility index (Phi) is 5.12. The van der Waals surface area contributed by atoms with Crippen molar-refractivity contribution >= 4 is 23.5 Å². The van der Waals surface area contributed by atoms with Crippen LogP contribution < -0.4 is 5.32 Å². The summed E-state index contributed by atoms with van der Waals surface area (Å²) in [5.74, 6) is -2.16. The van der Waals surface area contributed by atoms with Crippen LogP contribution in [-0.4, -0.2) is 23.5 Å². The van der Waals surface area contributed by atoms with Gasteiger partial charge in [-0.2, -0.15) is 0 Å². The number of carbonyl (C=O) groups is 2. The first-order valence-electron chi connectivity index (χ1n) is 6.53. The van der Waals surface area contributed by atoms with Gasteiger partial charge in [-0.05, 0) is 42.3 Å². The third kappa shape index (κ3) is 4.05. The van der Waals surface area contributed by atoms with Crippen LogP contribution in [0, 0.1) is 5.82 Å². The van der Waals surface area contributed by atoms with Gasteiger partial charge in [0.15, 0.2) is 0 Å². The molecule has 0 heterocycles. The van der Waals surface area contributed by atoms with E-state index in [1.807, 2.05) is 0 Å². The van der Waals surface area contributed by atoms with Gasteiger partial charge in [-0.1, -0.05) is 23.7 Å². The zero-order valence-electron chi connectivity index (χ0n) is 11.5. The number of carbonyl (C=O) groups excluding carboxylic acids is 1. The van der Waals surface area contributed by atoms with Gasteiger partial charge in [0.1, 0.15) is 5.82 Å². The van der Waals surface area contributed by atoms with Gasteiger partial charge in [0, 0.05) is 11.6 Å². The lowest BCUT2D eigenvalue weighted by atomic mass is 10.1. The molecule has 0 fully saturated rings. The van der Waals surface area contributed by atoms with Crippen LogP contribution in [0.3, 0.4) is 0 Å². The van der Waals surface area contributed by atoms with Crippen LogP contribution in [-0.2, 0) is 6.42 Å². The molecule has 0 aliphatic carbocycles. The first-order valence-corrected chi connectivity index (χ1v) is 6.90. The predicted octanol–water partition coefficient (Wildman–Crippen LogP) is 3.15. The molecule has 0 bridgehead atoms. The highest BCUT2D eigenvalue weighted by molar-refractivity contribution is 6.31. The lowest BCUT2D eigenvalue weighted by Gasteiger charge is -2.07. The maximum absolute atomic E-state index is 13.5. The van der Waals surface area contributed by atoms with Gasteiger partial charge in [-0.3, -0.25) is 4.79 Å². The lowest BCUT2D eigenvalue weighted by Crippen LogP contribution is -2.26. The first-order chi connectivity index (χ1) is 10.5. The molecule has 22 heavy (non-hydrogen) atoms. The fourth-order valence-electron chi connectivity index (χ4n) is 1.90. The molecule has 2 aromatic carbocycles. The van der Waals surface area contributed by atoms with Gasteiger partial charge < -0.3 is 10.4 Å². The second kappa shape index (κ2) is 7.04. The maximum atomic E-state index is 13.5. The van der Waals surface area contributed by atoms with Gasteiger partial charge >= 0.3 is 5.97 Å². The number of amides is 1. The number of rotatable bonds is 5. The quantitative estimate of drug-likeness (QED) is 0.889. The monoisotopic (exact) mass is 321 g/mol. The van der Waals surface area contributed by atoms with E-state index in [1.165, 1.54) is 24.3 Å². The third-order valence-electron chi connectivity index (χ3n) is 3.07. The topological polar surface area (TPSA) is 66.4 Å². The second-order valence-corrected chi connectivity index (χ2v) is 5.07. The highest BCUT2D eigenvalue weighted by atomic mass is 35.5. The predicted molar refractivity (Wildman–Crippen MR) is 80.8 cm³/mol. The zero-order valence-corrected chi connectivity index (χ0v) is 12.2. The zero-order chi connectivity index (χ0) is 16.1. The molecule has 6 heteroatoms. The van der Waals surface area contributed by atoms with Crippen molar-refractivity contribution < 1.29 is 19.1 Å². The van der Waals surface area contributed by atoms with Crippen molar-refractivity contribution in [1.29, 1.82) is 0 Å². The molecular formula is C16H13ClFNO3. The summed E-state index contributed by atoms with van der Waals surface area (Å²) in [6.07, 6.45) is 0.508. The molecule has 114 valence electrons. The van der Waals surface area contributed by atoms with Crippen molar-refractivity contribution in [3.8, 4) is 0 Å². The fourth-order valence-corrected chi connectivity index (χ4v) is 2.07. The van der Waals surface area contributed by atoms with Crippen LogP contribution >= 0.6 is 11.6 Å². The molecule has 4 nitrogen and oxygen atoms in total. The molecule has 0 aromatic heterocycles. The Morgan fingerprint density at radius 3 is 2.45 bits per heavy atom. The molecule has 0 aliphatic heterocycles. The summed E-state index contributed by atoms with van der Waals surface area (Å²) in [5, 5.41) is 11.7. The van der Waals surface area contributed by atoms with E-state index in [2.05, 4.69) is 5.32 Å². The van der Waals surface area contributed by atoms with E-state index >= 15 is 0 Å². The van der Waals surface area contributed by atoms with Gasteiger partial charge in [0.05, 0.1) is 11.1 Å². The first kappa shape index (κ1) is 16.0. The molecule has 2 aromatic rings. The van der Waals surface area contributed by atoms with Crippen molar-refractivity contribution in [3.63, 3.8) is 0 Å². The Labute approximate surface area is 131 Å². The van der Waals surface area contributed by atoms with E-state index < -0.39 is 17.7 Å². The summed E-state index contributed by atoms with van der Waals surface area (Å²) in [5.41, 5.74) is 0.972. The molecule has 0 aliphatic rings. The van der Waals surface area contributed by atoms with Gasteiger partial charge in [0.25, 0.3) is 5.91 Å². The van der Waals surface area contributed by atoms with Crippen molar-refractivity contribution in [2.24, 2.45) is 0 Å². The molecule has 0 atom stereocenters. The number of halogens is 2. The minimum atomic E-state index is -0.990. The van der Waals surface area contributed by atoms with Crippen molar-refractivity contribution in [1.82, 2.24) is 5.32 Å².